The fraction of sp³-hybridized carbons (Fsp3) is 0.519. The first kappa shape index (κ1) is 29.5. The van der Waals surface area contributed by atoms with Crippen LogP contribution in [0.4, 0.5) is 8.78 Å². The van der Waals surface area contributed by atoms with E-state index in [0.29, 0.717) is 11.6 Å². The average Bonchev–Trinajstić information content (AvgIpc) is 2.73. The van der Waals surface area contributed by atoms with Crippen molar-refractivity contribution >= 4 is 5.91 Å². The van der Waals surface area contributed by atoms with E-state index in [-0.39, 0.29) is 11.3 Å². The highest BCUT2D eigenvalue weighted by atomic mass is 19.1. The standard InChI is InChI=1S/C19H30N2O2.C7H6F2.CH4O/c1-14(22)20-9-5-10-21-17-8-11-23-18-7-6-15(12-16(17)18)13-19(2,3)4;1-5-2-6(8)4-7(9)3-5;1-2/h6-7,12,17,21H,5,8-11,13H2,1-4H3,(H,20,22);2-4H,1H3;2H,1H3. The van der Waals surface area contributed by atoms with E-state index in [9.17, 15) is 13.6 Å². The van der Waals surface area contributed by atoms with Crippen molar-refractivity contribution in [2.45, 2.75) is 59.9 Å². The molecule has 5 nitrogen and oxygen atoms in total. The van der Waals surface area contributed by atoms with Gasteiger partial charge in [0, 0.05) is 44.7 Å². The highest BCUT2D eigenvalue weighted by Gasteiger charge is 2.22. The summed E-state index contributed by atoms with van der Waals surface area (Å²) in [5.41, 5.74) is 3.53. The number of fused-ring (bicyclic) bond motifs is 1. The summed E-state index contributed by atoms with van der Waals surface area (Å²) in [6.07, 6.45) is 3.00. The van der Waals surface area contributed by atoms with E-state index >= 15 is 0 Å². The molecule has 2 aromatic carbocycles. The molecule has 0 aromatic heterocycles. The van der Waals surface area contributed by atoms with Crippen LogP contribution in [-0.2, 0) is 11.2 Å². The molecule has 0 radical (unpaired) electrons. The number of benzene rings is 2. The van der Waals surface area contributed by atoms with E-state index in [4.69, 9.17) is 9.84 Å². The number of hydrogen-bond acceptors (Lipinski definition) is 4. The molecule has 1 unspecified atom stereocenters. The first-order valence-corrected chi connectivity index (χ1v) is 11.6. The topological polar surface area (TPSA) is 70.6 Å². The maximum absolute atomic E-state index is 12.2. The normalized spacial score (nSPS) is 14.4. The third-order valence-corrected chi connectivity index (χ3v) is 4.97. The van der Waals surface area contributed by atoms with Gasteiger partial charge in [0.2, 0.25) is 5.91 Å². The zero-order chi connectivity index (χ0) is 25.7. The lowest BCUT2D eigenvalue weighted by molar-refractivity contribution is -0.118. The molecule has 0 aliphatic carbocycles. The summed E-state index contributed by atoms with van der Waals surface area (Å²) in [5, 5.41) is 13.4. The second-order valence-corrected chi connectivity index (χ2v) is 9.54. The predicted molar refractivity (Wildman–Crippen MR) is 133 cm³/mol. The van der Waals surface area contributed by atoms with E-state index < -0.39 is 11.6 Å². The third kappa shape index (κ3) is 11.6. The fourth-order valence-corrected chi connectivity index (χ4v) is 3.70. The Labute approximate surface area is 202 Å². The fourth-order valence-electron chi connectivity index (χ4n) is 3.70. The van der Waals surface area contributed by atoms with Crippen molar-refractivity contribution < 1.29 is 23.4 Å². The van der Waals surface area contributed by atoms with Gasteiger partial charge in [0.25, 0.3) is 0 Å². The van der Waals surface area contributed by atoms with Crippen LogP contribution in [0.2, 0.25) is 0 Å². The minimum atomic E-state index is -0.521. The lowest BCUT2D eigenvalue weighted by atomic mass is 9.86. The molecule has 0 saturated heterocycles. The summed E-state index contributed by atoms with van der Waals surface area (Å²) in [7, 11) is 1.00. The van der Waals surface area contributed by atoms with Crippen LogP contribution in [0.15, 0.2) is 36.4 Å². The van der Waals surface area contributed by atoms with Crippen LogP contribution in [0.5, 0.6) is 5.75 Å². The number of aliphatic hydroxyl groups is 1. The summed E-state index contributed by atoms with van der Waals surface area (Å²) in [5.74, 6) is 0.00139. The maximum Gasteiger partial charge on any atom is 0.216 e. The molecule has 1 aliphatic heterocycles. The largest absolute Gasteiger partial charge is 0.493 e. The van der Waals surface area contributed by atoms with Crippen molar-refractivity contribution in [3.63, 3.8) is 0 Å². The Bertz CT molecular complexity index is 847. The number of aryl methyl sites for hydroxylation is 1. The van der Waals surface area contributed by atoms with Crippen molar-refractivity contribution in [3.05, 3.63) is 64.7 Å². The minimum absolute atomic E-state index is 0.0354. The Morgan fingerprint density at radius 3 is 2.29 bits per heavy atom. The molecule has 34 heavy (non-hydrogen) atoms. The number of aliphatic hydroxyl groups excluding tert-OH is 1. The molecule has 1 aliphatic rings. The molecular formula is C27H40F2N2O3. The number of ether oxygens (including phenoxy) is 1. The number of amides is 1. The quantitative estimate of drug-likeness (QED) is 0.506. The van der Waals surface area contributed by atoms with Gasteiger partial charge >= 0.3 is 0 Å². The minimum Gasteiger partial charge on any atom is -0.493 e. The lowest BCUT2D eigenvalue weighted by Crippen LogP contribution is -2.30. The molecule has 0 spiro atoms. The SMILES string of the molecule is CC(=O)NCCCNC1CCOc2ccc(CC(C)(C)C)cc21.CO.Cc1cc(F)cc(F)c1. The average molecular weight is 479 g/mol. The van der Waals surface area contributed by atoms with Crippen LogP contribution >= 0.6 is 0 Å². The van der Waals surface area contributed by atoms with Gasteiger partial charge in [0.05, 0.1) is 6.61 Å². The van der Waals surface area contributed by atoms with Gasteiger partial charge in [-0.3, -0.25) is 4.79 Å². The zero-order valence-corrected chi connectivity index (χ0v) is 21.3. The second kappa shape index (κ2) is 14.7. The lowest BCUT2D eigenvalue weighted by Gasteiger charge is -2.28. The molecule has 2 aromatic rings. The molecule has 0 bridgehead atoms. The highest BCUT2D eigenvalue weighted by molar-refractivity contribution is 5.72. The Kier molecular flexibility index (Phi) is 12.8. The Morgan fingerprint density at radius 1 is 1.09 bits per heavy atom. The molecule has 1 amide bonds. The summed E-state index contributed by atoms with van der Waals surface area (Å²) in [6.45, 7) is 12.4. The Balaban J connectivity index is 0.000000437. The number of halogens is 2. The molecule has 7 heteroatoms. The van der Waals surface area contributed by atoms with Gasteiger partial charge in [0.1, 0.15) is 17.4 Å². The van der Waals surface area contributed by atoms with Crippen LogP contribution in [0.25, 0.3) is 0 Å². The number of nitrogens with one attached hydrogen (secondary N) is 2. The number of carbonyl (C=O) groups excluding carboxylic acids is 1. The van der Waals surface area contributed by atoms with Gasteiger partial charge < -0.3 is 20.5 Å². The summed E-state index contributed by atoms with van der Waals surface area (Å²) >= 11 is 0. The molecule has 0 saturated carbocycles. The van der Waals surface area contributed by atoms with Crippen molar-refractivity contribution in [1.82, 2.24) is 10.6 Å². The monoisotopic (exact) mass is 478 g/mol. The van der Waals surface area contributed by atoms with Crippen LogP contribution in [0.1, 0.15) is 63.3 Å². The van der Waals surface area contributed by atoms with Crippen molar-refractivity contribution in [1.29, 1.82) is 0 Å². The van der Waals surface area contributed by atoms with E-state index in [1.165, 1.54) is 23.3 Å². The summed E-state index contributed by atoms with van der Waals surface area (Å²) in [6, 6.07) is 10.4. The first-order chi connectivity index (χ1) is 16.0. The molecule has 3 N–H and O–H groups in total. The summed E-state index contributed by atoms with van der Waals surface area (Å²) < 4.78 is 30.2. The Hall–Kier alpha value is -2.51. The Morgan fingerprint density at radius 2 is 1.74 bits per heavy atom. The molecular weight excluding hydrogens is 438 g/mol. The molecule has 1 heterocycles. The van der Waals surface area contributed by atoms with Gasteiger partial charge in [-0.05, 0) is 61.1 Å². The molecule has 190 valence electrons. The smallest absolute Gasteiger partial charge is 0.216 e. The van der Waals surface area contributed by atoms with Crippen molar-refractivity contribution in [2.24, 2.45) is 5.41 Å². The number of rotatable bonds is 6. The predicted octanol–water partition coefficient (Wildman–Crippen LogP) is 5.10. The van der Waals surface area contributed by atoms with Crippen LogP contribution in [-0.4, -0.2) is 37.8 Å². The van der Waals surface area contributed by atoms with Gasteiger partial charge in [-0.2, -0.15) is 0 Å². The van der Waals surface area contributed by atoms with E-state index in [1.807, 2.05) is 0 Å². The van der Waals surface area contributed by atoms with Crippen molar-refractivity contribution in [3.8, 4) is 5.75 Å². The van der Waals surface area contributed by atoms with Crippen LogP contribution in [0.3, 0.4) is 0 Å². The number of carbonyl (C=O) groups is 1. The third-order valence-electron chi connectivity index (χ3n) is 4.97. The first-order valence-electron chi connectivity index (χ1n) is 11.6. The maximum atomic E-state index is 12.2. The van der Waals surface area contributed by atoms with Gasteiger partial charge in [0.15, 0.2) is 0 Å². The van der Waals surface area contributed by atoms with Crippen LogP contribution in [0, 0.1) is 24.0 Å². The zero-order valence-electron chi connectivity index (χ0n) is 21.3. The second-order valence-electron chi connectivity index (χ2n) is 9.54. The van der Waals surface area contributed by atoms with Gasteiger partial charge in [-0.1, -0.05) is 32.9 Å². The molecule has 3 rings (SSSR count). The van der Waals surface area contributed by atoms with E-state index in [2.05, 4.69) is 49.6 Å². The molecule has 1 atom stereocenters. The van der Waals surface area contributed by atoms with E-state index in [1.54, 1.807) is 13.8 Å². The summed E-state index contributed by atoms with van der Waals surface area (Å²) in [4.78, 5) is 10.9. The van der Waals surface area contributed by atoms with Gasteiger partial charge in [-0.15, -0.1) is 0 Å². The number of hydrogen-bond donors (Lipinski definition) is 3. The van der Waals surface area contributed by atoms with Crippen LogP contribution < -0.4 is 15.4 Å². The molecule has 0 fully saturated rings. The van der Waals surface area contributed by atoms with E-state index in [0.717, 1.165) is 57.9 Å². The van der Waals surface area contributed by atoms with Gasteiger partial charge in [-0.25, -0.2) is 8.78 Å². The van der Waals surface area contributed by atoms with Crippen molar-refractivity contribution in [2.75, 3.05) is 26.8 Å². The highest BCUT2D eigenvalue weighted by Crippen LogP contribution is 2.34.